The third-order valence-electron chi connectivity index (χ3n) is 5.11. The summed E-state index contributed by atoms with van der Waals surface area (Å²) in [6.07, 6.45) is -0.0761. The van der Waals surface area contributed by atoms with Crippen molar-refractivity contribution in [2.75, 3.05) is 13.7 Å². The SMILES string of the molecule is COc1ccc([C@@H]2C(=C(O)c3ccc([N+](=O)[O-])cc3)C(=O)C(=O)N2CCCC(=O)O)cc1. The van der Waals surface area contributed by atoms with E-state index < -0.39 is 34.4 Å². The summed E-state index contributed by atoms with van der Waals surface area (Å²) in [5.74, 6) is -2.74. The van der Waals surface area contributed by atoms with Gasteiger partial charge in [-0.25, -0.2) is 0 Å². The van der Waals surface area contributed by atoms with Crippen LogP contribution in [0.1, 0.15) is 30.0 Å². The molecule has 1 aliphatic rings. The van der Waals surface area contributed by atoms with E-state index in [1.165, 1.54) is 36.3 Å². The van der Waals surface area contributed by atoms with Crippen molar-refractivity contribution in [3.8, 4) is 5.75 Å². The Labute approximate surface area is 182 Å². The molecule has 1 heterocycles. The van der Waals surface area contributed by atoms with Crippen molar-refractivity contribution in [3.63, 3.8) is 0 Å². The van der Waals surface area contributed by atoms with Crippen LogP contribution in [-0.4, -0.2) is 51.4 Å². The highest BCUT2D eigenvalue weighted by Crippen LogP contribution is 2.40. The van der Waals surface area contributed by atoms with Crippen molar-refractivity contribution in [2.24, 2.45) is 0 Å². The number of rotatable bonds is 8. The van der Waals surface area contributed by atoms with Gasteiger partial charge in [0.25, 0.3) is 17.4 Å². The molecule has 0 saturated carbocycles. The van der Waals surface area contributed by atoms with Crippen LogP contribution in [0.15, 0.2) is 54.1 Å². The van der Waals surface area contributed by atoms with Crippen LogP contribution in [0.4, 0.5) is 5.69 Å². The number of aliphatic carboxylic acids is 1. The quantitative estimate of drug-likeness (QED) is 0.209. The Morgan fingerprint density at radius 2 is 1.72 bits per heavy atom. The number of aliphatic hydroxyl groups excluding tert-OH is 1. The van der Waals surface area contributed by atoms with Gasteiger partial charge in [-0.3, -0.25) is 24.5 Å². The Balaban J connectivity index is 2.08. The summed E-state index contributed by atoms with van der Waals surface area (Å²) in [5, 5.41) is 30.7. The first-order valence-electron chi connectivity index (χ1n) is 9.63. The maximum Gasteiger partial charge on any atom is 0.303 e. The molecule has 2 aromatic carbocycles. The summed E-state index contributed by atoms with van der Waals surface area (Å²) in [7, 11) is 1.49. The van der Waals surface area contributed by atoms with Gasteiger partial charge in [-0.15, -0.1) is 0 Å². The number of aliphatic hydroxyl groups is 1. The molecule has 2 aromatic rings. The van der Waals surface area contributed by atoms with E-state index in [0.29, 0.717) is 11.3 Å². The molecule has 10 nitrogen and oxygen atoms in total. The average molecular weight is 440 g/mol. The van der Waals surface area contributed by atoms with Gasteiger partial charge in [-0.1, -0.05) is 12.1 Å². The predicted molar refractivity (Wildman–Crippen MR) is 112 cm³/mol. The van der Waals surface area contributed by atoms with Crippen molar-refractivity contribution < 1.29 is 34.3 Å². The molecule has 0 aliphatic carbocycles. The maximum absolute atomic E-state index is 12.9. The molecular formula is C22H20N2O8. The first kappa shape index (κ1) is 22.5. The van der Waals surface area contributed by atoms with E-state index in [9.17, 15) is 29.6 Å². The van der Waals surface area contributed by atoms with Crippen LogP contribution in [-0.2, 0) is 14.4 Å². The van der Waals surface area contributed by atoms with E-state index in [4.69, 9.17) is 9.84 Å². The number of likely N-dealkylation sites (tertiary alicyclic amines) is 1. The molecule has 32 heavy (non-hydrogen) atoms. The van der Waals surface area contributed by atoms with Gasteiger partial charge in [0.2, 0.25) is 0 Å². The minimum atomic E-state index is -1.03. The molecule has 0 bridgehead atoms. The van der Waals surface area contributed by atoms with Crippen LogP contribution in [0, 0.1) is 10.1 Å². The number of non-ortho nitro benzene ring substituents is 1. The van der Waals surface area contributed by atoms with Crippen LogP contribution < -0.4 is 4.74 Å². The summed E-state index contributed by atoms with van der Waals surface area (Å²) in [6.45, 7) is -0.00931. The minimum Gasteiger partial charge on any atom is -0.507 e. The largest absolute Gasteiger partial charge is 0.507 e. The molecule has 2 N–H and O–H groups in total. The number of nitrogens with zero attached hydrogens (tertiary/aromatic N) is 2. The van der Waals surface area contributed by atoms with Crippen molar-refractivity contribution in [3.05, 3.63) is 75.3 Å². The Morgan fingerprint density at radius 1 is 1.09 bits per heavy atom. The number of amides is 1. The molecule has 166 valence electrons. The molecule has 1 amide bonds. The second kappa shape index (κ2) is 9.29. The number of Topliss-reactive ketones (excluding diaryl/α,β-unsaturated/α-hetero) is 1. The first-order chi connectivity index (χ1) is 15.2. The molecule has 0 unspecified atom stereocenters. The highest BCUT2D eigenvalue weighted by atomic mass is 16.6. The number of nitro benzene ring substituents is 1. The molecule has 1 aliphatic heterocycles. The maximum atomic E-state index is 12.9. The van der Waals surface area contributed by atoms with E-state index in [0.717, 1.165) is 0 Å². The normalized spacial score (nSPS) is 17.4. The van der Waals surface area contributed by atoms with Crippen LogP contribution in [0.3, 0.4) is 0 Å². The number of methoxy groups -OCH3 is 1. The highest BCUT2D eigenvalue weighted by Gasteiger charge is 2.45. The zero-order chi connectivity index (χ0) is 23.4. The lowest BCUT2D eigenvalue weighted by atomic mass is 9.95. The average Bonchev–Trinajstić information content (AvgIpc) is 3.03. The molecule has 3 rings (SSSR count). The van der Waals surface area contributed by atoms with E-state index in [-0.39, 0.29) is 36.2 Å². The summed E-state index contributed by atoms with van der Waals surface area (Å²) in [4.78, 5) is 48.0. The van der Waals surface area contributed by atoms with Gasteiger partial charge in [0.05, 0.1) is 23.6 Å². The fourth-order valence-corrected chi connectivity index (χ4v) is 3.54. The highest BCUT2D eigenvalue weighted by molar-refractivity contribution is 6.46. The standard InChI is InChI=1S/C22H20N2O8/c1-32-16-10-6-13(7-11-16)19-18(20(27)14-4-8-15(9-5-14)24(30)31)21(28)22(29)23(19)12-2-3-17(25)26/h4-11,19,27H,2-3,12H2,1H3,(H,25,26)/t19-/m1/s1. The fourth-order valence-electron chi connectivity index (χ4n) is 3.54. The van der Waals surface area contributed by atoms with Crippen molar-refractivity contribution in [1.82, 2.24) is 4.90 Å². The van der Waals surface area contributed by atoms with Gasteiger partial charge in [0.1, 0.15) is 11.5 Å². The molecule has 0 radical (unpaired) electrons. The number of hydrogen-bond donors (Lipinski definition) is 2. The number of nitro groups is 1. The molecule has 0 spiro atoms. The minimum absolute atomic E-state index is 0.00931. The van der Waals surface area contributed by atoms with Crippen LogP contribution in [0.5, 0.6) is 5.75 Å². The molecule has 1 saturated heterocycles. The Hall–Kier alpha value is -4.21. The molecule has 0 aromatic heterocycles. The summed E-state index contributed by atoms with van der Waals surface area (Å²) < 4.78 is 5.14. The van der Waals surface area contributed by atoms with Crippen molar-refractivity contribution in [1.29, 1.82) is 0 Å². The third kappa shape index (κ3) is 4.43. The monoisotopic (exact) mass is 440 g/mol. The lowest BCUT2D eigenvalue weighted by Gasteiger charge is -2.25. The number of carbonyl (C=O) groups is 3. The number of carbonyl (C=O) groups excluding carboxylic acids is 2. The lowest BCUT2D eigenvalue weighted by molar-refractivity contribution is -0.384. The smallest absolute Gasteiger partial charge is 0.303 e. The second-order valence-electron chi connectivity index (χ2n) is 7.07. The number of benzene rings is 2. The number of hydrogen-bond acceptors (Lipinski definition) is 7. The zero-order valence-corrected chi connectivity index (χ0v) is 17.1. The third-order valence-corrected chi connectivity index (χ3v) is 5.11. The topological polar surface area (TPSA) is 147 Å². The van der Waals surface area contributed by atoms with Gasteiger partial charge < -0.3 is 19.8 Å². The molecule has 1 fully saturated rings. The van der Waals surface area contributed by atoms with Crippen LogP contribution >= 0.6 is 0 Å². The zero-order valence-electron chi connectivity index (χ0n) is 17.1. The summed E-state index contributed by atoms with van der Waals surface area (Å²) in [5.41, 5.74) is 0.285. The number of carboxylic acids is 1. The van der Waals surface area contributed by atoms with E-state index >= 15 is 0 Å². The predicted octanol–water partition coefficient (Wildman–Crippen LogP) is 2.89. The summed E-state index contributed by atoms with van der Waals surface area (Å²) in [6, 6.07) is 10.5. The van der Waals surface area contributed by atoms with Crippen molar-refractivity contribution >= 4 is 29.1 Å². The van der Waals surface area contributed by atoms with Gasteiger partial charge >= 0.3 is 5.97 Å². The Bertz CT molecular complexity index is 1090. The van der Waals surface area contributed by atoms with Crippen LogP contribution in [0.2, 0.25) is 0 Å². The van der Waals surface area contributed by atoms with Crippen molar-refractivity contribution in [2.45, 2.75) is 18.9 Å². The van der Waals surface area contributed by atoms with E-state index in [1.54, 1.807) is 24.3 Å². The molecular weight excluding hydrogens is 420 g/mol. The van der Waals surface area contributed by atoms with Gasteiger partial charge in [-0.05, 0) is 36.2 Å². The fraction of sp³-hybridized carbons (Fsp3) is 0.227. The van der Waals surface area contributed by atoms with Gasteiger partial charge in [0, 0.05) is 30.7 Å². The van der Waals surface area contributed by atoms with Crippen LogP contribution in [0.25, 0.3) is 5.76 Å². The molecule has 1 atom stereocenters. The number of carboxylic acid groups (broad SMARTS) is 1. The summed E-state index contributed by atoms with van der Waals surface area (Å²) >= 11 is 0. The van der Waals surface area contributed by atoms with Gasteiger partial charge in [-0.2, -0.15) is 0 Å². The lowest BCUT2D eigenvalue weighted by Crippen LogP contribution is -2.31. The molecule has 10 heteroatoms. The van der Waals surface area contributed by atoms with E-state index in [2.05, 4.69) is 0 Å². The Kier molecular flexibility index (Phi) is 6.53. The number of ketones is 1. The number of ether oxygens (including phenoxy) is 1. The first-order valence-corrected chi connectivity index (χ1v) is 9.63. The van der Waals surface area contributed by atoms with E-state index in [1.807, 2.05) is 0 Å². The second-order valence-corrected chi connectivity index (χ2v) is 7.07. The van der Waals surface area contributed by atoms with Gasteiger partial charge in [0.15, 0.2) is 0 Å². The Morgan fingerprint density at radius 3 is 2.25 bits per heavy atom.